The highest BCUT2D eigenvalue weighted by Crippen LogP contribution is 1.85. The van der Waals surface area contributed by atoms with Crippen LogP contribution in [0, 0.1) is 0 Å². The van der Waals surface area contributed by atoms with E-state index in [-0.39, 0.29) is 12.6 Å². The number of aliphatic carboxylic acids is 1. The molecule has 4 N–H and O–H groups in total. The fourth-order valence-corrected chi connectivity index (χ4v) is 0.854. The maximum atomic E-state index is 11.1. The molecule has 7 nitrogen and oxygen atoms in total. The van der Waals surface area contributed by atoms with Gasteiger partial charge in [-0.05, 0) is 13.8 Å². The zero-order chi connectivity index (χ0) is 12.6. The number of nitrogens with one attached hydrogen (secondary N) is 2. The van der Waals surface area contributed by atoms with Gasteiger partial charge in [-0.15, -0.1) is 0 Å². The Kier molecular flexibility index (Phi) is 7.23. The van der Waals surface area contributed by atoms with Gasteiger partial charge >= 0.3 is 12.0 Å². The summed E-state index contributed by atoms with van der Waals surface area (Å²) in [6.45, 7) is 3.72. The van der Waals surface area contributed by atoms with Crippen LogP contribution in [0.5, 0.6) is 0 Å². The minimum atomic E-state index is -1.29. The Balaban J connectivity index is 3.69. The van der Waals surface area contributed by atoms with E-state index in [0.717, 1.165) is 0 Å². The third-order valence-electron chi connectivity index (χ3n) is 1.62. The van der Waals surface area contributed by atoms with Crippen molar-refractivity contribution in [3.05, 3.63) is 0 Å². The average molecular weight is 234 g/mol. The van der Waals surface area contributed by atoms with Crippen molar-refractivity contribution in [3.63, 3.8) is 0 Å². The van der Waals surface area contributed by atoms with Gasteiger partial charge in [0.05, 0.1) is 19.3 Å². The first kappa shape index (κ1) is 14.7. The first-order chi connectivity index (χ1) is 7.47. The van der Waals surface area contributed by atoms with E-state index in [1.165, 1.54) is 0 Å². The van der Waals surface area contributed by atoms with E-state index >= 15 is 0 Å². The van der Waals surface area contributed by atoms with Crippen LogP contribution in [0.4, 0.5) is 4.79 Å². The largest absolute Gasteiger partial charge is 0.480 e. The molecule has 0 bridgehead atoms. The molecular formula is C9H18N2O5. The monoisotopic (exact) mass is 234 g/mol. The predicted octanol–water partition coefficient (Wildman–Crippen LogP) is -0.844. The van der Waals surface area contributed by atoms with Crippen molar-refractivity contribution in [2.45, 2.75) is 26.0 Å². The number of hydrogen-bond acceptors (Lipinski definition) is 4. The molecule has 94 valence electrons. The molecule has 2 amide bonds. The van der Waals surface area contributed by atoms with E-state index in [1.807, 2.05) is 13.8 Å². The zero-order valence-electron chi connectivity index (χ0n) is 9.40. The number of carbonyl (C=O) groups excluding carboxylic acids is 1. The molecule has 0 spiro atoms. The van der Waals surface area contributed by atoms with E-state index in [2.05, 4.69) is 10.6 Å². The molecule has 0 saturated carbocycles. The van der Waals surface area contributed by atoms with Gasteiger partial charge in [-0.1, -0.05) is 0 Å². The summed E-state index contributed by atoms with van der Waals surface area (Å²) in [4.78, 5) is 21.6. The van der Waals surface area contributed by atoms with Gasteiger partial charge in [0, 0.05) is 6.54 Å². The van der Waals surface area contributed by atoms with E-state index in [1.54, 1.807) is 0 Å². The number of rotatable bonds is 7. The molecule has 0 aliphatic heterocycles. The summed E-state index contributed by atoms with van der Waals surface area (Å²) in [6, 6.07) is -1.93. The smallest absolute Gasteiger partial charge is 0.328 e. The average Bonchev–Trinajstić information content (AvgIpc) is 2.20. The first-order valence-electron chi connectivity index (χ1n) is 4.97. The number of aliphatic hydroxyl groups is 1. The molecular weight excluding hydrogens is 216 g/mol. The van der Waals surface area contributed by atoms with Crippen LogP contribution in [0.3, 0.4) is 0 Å². The second-order valence-corrected chi connectivity index (χ2v) is 3.39. The van der Waals surface area contributed by atoms with Crippen LogP contribution < -0.4 is 10.6 Å². The lowest BCUT2D eigenvalue weighted by molar-refractivity contribution is -0.140. The minimum Gasteiger partial charge on any atom is -0.480 e. The zero-order valence-corrected chi connectivity index (χ0v) is 9.40. The van der Waals surface area contributed by atoms with E-state index in [0.29, 0.717) is 6.61 Å². The first-order valence-corrected chi connectivity index (χ1v) is 4.97. The summed E-state index contributed by atoms with van der Waals surface area (Å²) >= 11 is 0. The fraction of sp³-hybridized carbons (Fsp3) is 0.778. The molecule has 16 heavy (non-hydrogen) atoms. The summed E-state index contributed by atoms with van der Waals surface area (Å²) in [6.07, 6.45) is 0.0778. The molecule has 0 heterocycles. The molecule has 0 aromatic heterocycles. The van der Waals surface area contributed by atoms with Crippen molar-refractivity contribution >= 4 is 12.0 Å². The molecule has 0 aliphatic rings. The van der Waals surface area contributed by atoms with Crippen LogP contribution >= 0.6 is 0 Å². The molecule has 0 unspecified atom stereocenters. The van der Waals surface area contributed by atoms with Gasteiger partial charge in [0.1, 0.15) is 0 Å². The topological polar surface area (TPSA) is 108 Å². The van der Waals surface area contributed by atoms with Crippen molar-refractivity contribution in [2.24, 2.45) is 0 Å². The number of urea groups is 1. The van der Waals surface area contributed by atoms with Crippen LogP contribution in [0.15, 0.2) is 0 Å². The molecule has 0 fully saturated rings. The summed E-state index contributed by atoms with van der Waals surface area (Å²) < 4.78 is 5.16. The predicted molar refractivity (Wildman–Crippen MR) is 56.1 cm³/mol. The third-order valence-corrected chi connectivity index (χ3v) is 1.62. The van der Waals surface area contributed by atoms with Crippen LogP contribution in [0.1, 0.15) is 13.8 Å². The number of carboxylic acids is 1. The van der Waals surface area contributed by atoms with E-state index in [9.17, 15) is 9.59 Å². The molecule has 1 atom stereocenters. The van der Waals surface area contributed by atoms with Gasteiger partial charge in [0.2, 0.25) is 0 Å². The van der Waals surface area contributed by atoms with Crippen molar-refractivity contribution < 1.29 is 24.5 Å². The Hall–Kier alpha value is -1.34. The molecule has 0 aromatic rings. The van der Waals surface area contributed by atoms with Crippen molar-refractivity contribution in [3.8, 4) is 0 Å². The molecule has 7 heteroatoms. The lowest BCUT2D eigenvalue weighted by atomic mass is 10.3. The van der Waals surface area contributed by atoms with Crippen LogP contribution in [0.2, 0.25) is 0 Å². The summed E-state index contributed by atoms with van der Waals surface area (Å²) in [5, 5.41) is 21.7. The number of hydrogen-bond donors (Lipinski definition) is 4. The van der Waals surface area contributed by atoms with Crippen molar-refractivity contribution in [2.75, 3.05) is 19.8 Å². The lowest BCUT2D eigenvalue weighted by Crippen LogP contribution is -2.48. The number of carbonyl (C=O) groups is 2. The van der Waals surface area contributed by atoms with E-state index < -0.39 is 24.6 Å². The number of aliphatic hydroxyl groups excluding tert-OH is 1. The summed E-state index contributed by atoms with van der Waals surface area (Å²) in [7, 11) is 0. The van der Waals surface area contributed by atoms with Crippen molar-refractivity contribution in [1.29, 1.82) is 0 Å². The van der Waals surface area contributed by atoms with Crippen LogP contribution in [-0.2, 0) is 9.53 Å². The normalized spacial score (nSPS) is 12.2. The SMILES string of the molecule is CC(C)OCCNC(=O)N[C@H](CO)C(=O)O. The van der Waals surface area contributed by atoms with Gasteiger partial charge in [-0.3, -0.25) is 0 Å². The second-order valence-electron chi connectivity index (χ2n) is 3.39. The quantitative estimate of drug-likeness (QED) is 0.429. The Bertz CT molecular complexity index is 232. The van der Waals surface area contributed by atoms with Crippen LogP contribution in [-0.4, -0.2) is 54.1 Å². The minimum absolute atomic E-state index is 0.0778. The van der Waals surface area contributed by atoms with Gasteiger partial charge in [0.15, 0.2) is 6.04 Å². The highest BCUT2D eigenvalue weighted by molar-refractivity contribution is 5.82. The molecule has 0 radical (unpaired) electrons. The molecule has 0 rings (SSSR count). The Morgan fingerprint density at radius 3 is 2.44 bits per heavy atom. The Morgan fingerprint density at radius 1 is 1.38 bits per heavy atom. The Morgan fingerprint density at radius 2 is 2.00 bits per heavy atom. The third kappa shape index (κ3) is 7.02. The highest BCUT2D eigenvalue weighted by atomic mass is 16.5. The summed E-state index contributed by atoms with van der Waals surface area (Å²) in [5.74, 6) is -1.28. The maximum Gasteiger partial charge on any atom is 0.328 e. The number of amides is 2. The van der Waals surface area contributed by atoms with Crippen molar-refractivity contribution in [1.82, 2.24) is 10.6 Å². The number of ether oxygens (including phenoxy) is 1. The van der Waals surface area contributed by atoms with Gasteiger partial charge < -0.3 is 25.6 Å². The molecule has 0 saturated heterocycles. The number of carboxylic acid groups (broad SMARTS) is 1. The van der Waals surface area contributed by atoms with Crippen LogP contribution in [0.25, 0.3) is 0 Å². The molecule has 0 aliphatic carbocycles. The Labute approximate surface area is 93.8 Å². The van der Waals surface area contributed by atoms with Gasteiger partial charge in [-0.2, -0.15) is 0 Å². The lowest BCUT2D eigenvalue weighted by Gasteiger charge is -2.13. The second kappa shape index (κ2) is 7.89. The summed E-state index contributed by atoms with van der Waals surface area (Å²) in [5.41, 5.74) is 0. The van der Waals surface area contributed by atoms with Gasteiger partial charge in [-0.25, -0.2) is 9.59 Å². The molecule has 0 aromatic carbocycles. The highest BCUT2D eigenvalue weighted by Gasteiger charge is 2.17. The van der Waals surface area contributed by atoms with Gasteiger partial charge in [0.25, 0.3) is 0 Å². The standard InChI is InChI=1S/C9H18N2O5/c1-6(2)16-4-3-10-9(15)11-7(5-12)8(13)14/h6-7,12H,3-5H2,1-2H3,(H,13,14)(H2,10,11,15)/t7-/m1/s1. The fourth-order valence-electron chi connectivity index (χ4n) is 0.854. The maximum absolute atomic E-state index is 11.1. The van der Waals surface area contributed by atoms with E-state index in [4.69, 9.17) is 14.9 Å².